The molecule has 0 saturated heterocycles. The zero-order valence-corrected chi connectivity index (χ0v) is 7.66. The van der Waals surface area contributed by atoms with E-state index in [1.54, 1.807) is 20.8 Å². The summed E-state index contributed by atoms with van der Waals surface area (Å²) < 4.78 is 0. The molecule has 0 aliphatic carbocycles. The number of rotatable bonds is 0. The van der Waals surface area contributed by atoms with E-state index in [4.69, 9.17) is 5.11 Å². The van der Waals surface area contributed by atoms with Gasteiger partial charge >= 0.3 is 5.97 Å². The molecule has 1 N–H and O–H groups in total. The summed E-state index contributed by atoms with van der Waals surface area (Å²) in [6.07, 6.45) is 0. The average molecular weight is 254 g/mol. The van der Waals surface area contributed by atoms with E-state index in [1.807, 2.05) is 0 Å². The summed E-state index contributed by atoms with van der Waals surface area (Å²) in [6.45, 7) is 4.99. The van der Waals surface area contributed by atoms with Crippen LogP contribution in [0, 0.1) is 54.8 Å². The van der Waals surface area contributed by atoms with Gasteiger partial charge in [0.25, 0.3) is 0 Å². The van der Waals surface area contributed by atoms with Gasteiger partial charge in [-0.2, -0.15) is 0 Å². The van der Waals surface area contributed by atoms with Crippen LogP contribution in [0.2, 0.25) is 0 Å². The number of carboxylic acid groups (broad SMARTS) is 1. The number of hydrogen-bond acceptors (Lipinski definition) is 1. The van der Waals surface area contributed by atoms with Gasteiger partial charge in [0.1, 0.15) is 0 Å². The minimum Gasteiger partial charge on any atom is -0.481 e. The van der Waals surface area contributed by atoms with Crippen LogP contribution in [0.4, 0.5) is 0 Å². The first kappa shape index (κ1) is 11.8. The molecule has 0 heterocycles. The van der Waals surface area contributed by atoms with Crippen molar-refractivity contribution in [1.82, 2.24) is 0 Å². The quantitative estimate of drug-likeness (QED) is 0.703. The number of hydrogen-bond donors (Lipinski definition) is 1. The van der Waals surface area contributed by atoms with Crippen LogP contribution in [0.15, 0.2) is 0 Å². The Morgan fingerprint density at radius 3 is 1.50 bits per heavy atom. The SMILES string of the molecule is CC(C)(C)C(=O)O.[Eu]. The molecular formula is C5H10EuO2. The molecule has 0 fully saturated rings. The molecule has 0 amide bonds. The minimum atomic E-state index is -0.757. The molecule has 0 bridgehead atoms. The van der Waals surface area contributed by atoms with Crippen molar-refractivity contribution in [2.45, 2.75) is 20.8 Å². The Morgan fingerprint density at radius 2 is 1.50 bits per heavy atom. The molecular weight excluding hydrogens is 244 g/mol. The van der Waals surface area contributed by atoms with E-state index in [2.05, 4.69) is 0 Å². The minimum absolute atomic E-state index is 0. The molecule has 0 rings (SSSR count). The number of aliphatic carboxylic acids is 1. The predicted octanol–water partition coefficient (Wildman–Crippen LogP) is 1.12. The third kappa shape index (κ3) is 5.20. The molecule has 49 valence electrons. The van der Waals surface area contributed by atoms with Crippen LogP contribution in [-0.2, 0) is 4.79 Å². The van der Waals surface area contributed by atoms with Crippen molar-refractivity contribution in [2.75, 3.05) is 0 Å². The molecule has 2 nitrogen and oxygen atoms in total. The van der Waals surface area contributed by atoms with Crippen molar-refractivity contribution in [2.24, 2.45) is 5.41 Å². The zero-order valence-electron chi connectivity index (χ0n) is 5.23. The van der Waals surface area contributed by atoms with Crippen LogP contribution in [0.25, 0.3) is 0 Å². The van der Waals surface area contributed by atoms with Crippen molar-refractivity contribution in [3.05, 3.63) is 0 Å². The Hall–Kier alpha value is 1.05. The number of carboxylic acids is 1. The maximum absolute atomic E-state index is 10.0. The molecule has 0 aliphatic heterocycles. The molecule has 0 atom stereocenters. The zero-order chi connectivity index (χ0) is 6.08. The average Bonchev–Trinajstić information content (AvgIpc) is 1.31. The third-order valence-corrected chi connectivity index (χ3v) is 0.642. The number of carbonyl (C=O) groups is 1. The standard InChI is InChI=1S/C5H10O2.Eu/c1-5(2,3)4(6)7;/h1-3H3,(H,6,7);. The van der Waals surface area contributed by atoms with Gasteiger partial charge in [-0.3, -0.25) is 4.79 Å². The van der Waals surface area contributed by atoms with E-state index < -0.39 is 11.4 Å². The van der Waals surface area contributed by atoms with Crippen molar-refractivity contribution >= 4 is 5.97 Å². The first-order valence-electron chi connectivity index (χ1n) is 2.18. The van der Waals surface area contributed by atoms with E-state index in [-0.39, 0.29) is 49.4 Å². The van der Waals surface area contributed by atoms with Crippen molar-refractivity contribution in [3.8, 4) is 0 Å². The molecule has 0 aromatic heterocycles. The van der Waals surface area contributed by atoms with Crippen LogP contribution in [0.1, 0.15) is 20.8 Å². The largest absolute Gasteiger partial charge is 0.481 e. The van der Waals surface area contributed by atoms with Crippen LogP contribution < -0.4 is 0 Å². The van der Waals surface area contributed by atoms with Gasteiger partial charge < -0.3 is 5.11 Å². The van der Waals surface area contributed by atoms with Gasteiger partial charge in [-0.25, -0.2) is 0 Å². The normalized spacial score (nSPS) is 9.88. The van der Waals surface area contributed by atoms with Gasteiger partial charge in [-0.1, -0.05) is 0 Å². The molecule has 0 saturated carbocycles. The molecule has 8 heavy (non-hydrogen) atoms. The third-order valence-electron chi connectivity index (χ3n) is 0.642. The van der Waals surface area contributed by atoms with E-state index in [0.29, 0.717) is 0 Å². The molecule has 0 spiro atoms. The Balaban J connectivity index is 0. The van der Waals surface area contributed by atoms with E-state index >= 15 is 0 Å². The fourth-order valence-electron chi connectivity index (χ4n) is 0. The fraction of sp³-hybridized carbons (Fsp3) is 0.800. The molecule has 0 aromatic rings. The molecule has 1 radical (unpaired) electrons. The second-order valence-corrected chi connectivity index (χ2v) is 2.56. The topological polar surface area (TPSA) is 37.3 Å². The summed E-state index contributed by atoms with van der Waals surface area (Å²) in [4.78, 5) is 10.0. The van der Waals surface area contributed by atoms with Crippen LogP contribution in [0.5, 0.6) is 0 Å². The van der Waals surface area contributed by atoms with Crippen LogP contribution in [-0.4, -0.2) is 11.1 Å². The first-order chi connectivity index (χ1) is 2.94. The summed E-state index contributed by atoms with van der Waals surface area (Å²) in [6, 6.07) is 0. The maximum atomic E-state index is 10.0. The first-order valence-corrected chi connectivity index (χ1v) is 2.18. The second-order valence-electron chi connectivity index (χ2n) is 2.56. The van der Waals surface area contributed by atoms with Gasteiger partial charge in [-0.05, 0) is 20.8 Å². The van der Waals surface area contributed by atoms with E-state index in [1.165, 1.54) is 0 Å². The Kier molecular flexibility index (Phi) is 5.85. The van der Waals surface area contributed by atoms with Crippen molar-refractivity contribution in [3.63, 3.8) is 0 Å². The monoisotopic (exact) mass is 255 g/mol. The maximum Gasteiger partial charge on any atom is 0.308 e. The van der Waals surface area contributed by atoms with E-state index in [9.17, 15) is 4.79 Å². The molecule has 0 unspecified atom stereocenters. The molecule has 3 heteroatoms. The van der Waals surface area contributed by atoms with Gasteiger partial charge in [-0.15, -0.1) is 0 Å². The predicted molar refractivity (Wildman–Crippen MR) is 27.1 cm³/mol. The summed E-state index contributed by atoms with van der Waals surface area (Å²) in [5.74, 6) is -0.757. The molecule has 0 aliphatic rings. The second kappa shape index (κ2) is 3.96. The summed E-state index contributed by atoms with van der Waals surface area (Å²) in [7, 11) is 0. The van der Waals surface area contributed by atoms with Crippen molar-refractivity contribution < 1.29 is 59.3 Å². The summed E-state index contributed by atoms with van der Waals surface area (Å²) >= 11 is 0. The van der Waals surface area contributed by atoms with E-state index in [0.717, 1.165) is 0 Å². The Morgan fingerprint density at radius 1 is 1.38 bits per heavy atom. The van der Waals surface area contributed by atoms with Crippen molar-refractivity contribution in [1.29, 1.82) is 0 Å². The molecule has 0 aromatic carbocycles. The Labute approximate surface area is 90.2 Å². The van der Waals surface area contributed by atoms with Crippen LogP contribution >= 0.6 is 0 Å². The summed E-state index contributed by atoms with van der Waals surface area (Å²) in [5.41, 5.74) is -0.583. The van der Waals surface area contributed by atoms with Crippen LogP contribution in [0.3, 0.4) is 0 Å². The van der Waals surface area contributed by atoms with Gasteiger partial charge in [0.2, 0.25) is 0 Å². The Bertz CT molecular complexity index is 82.9. The van der Waals surface area contributed by atoms with Gasteiger partial charge in [0, 0.05) is 49.4 Å². The fourth-order valence-corrected chi connectivity index (χ4v) is 0. The summed E-state index contributed by atoms with van der Waals surface area (Å²) in [5, 5.41) is 8.25. The van der Waals surface area contributed by atoms with Gasteiger partial charge in [0.05, 0.1) is 5.41 Å². The smallest absolute Gasteiger partial charge is 0.308 e. The van der Waals surface area contributed by atoms with Gasteiger partial charge in [0.15, 0.2) is 0 Å².